The Morgan fingerprint density at radius 3 is 2.55 bits per heavy atom. The Morgan fingerprint density at radius 2 is 1.76 bits per heavy atom. The second-order valence-corrected chi connectivity index (χ2v) is 9.23. The molecule has 162 valence electrons. The van der Waals surface area contributed by atoms with E-state index in [4.69, 9.17) is 21.3 Å². The molecule has 0 saturated heterocycles. The van der Waals surface area contributed by atoms with Gasteiger partial charge in [-0.05, 0) is 55.8 Å². The second kappa shape index (κ2) is 8.85. The highest BCUT2D eigenvalue weighted by molar-refractivity contribution is 7.99. The van der Waals surface area contributed by atoms with E-state index in [1.807, 2.05) is 43.3 Å². The lowest BCUT2D eigenvalue weighted by atomic mass is 10.1. The van der Waals surface area contributed by atoms with Crippen LogP contribution in [0.3, 0.4) is 0 Å². The molecule has 0 bridgehead atoms. The Kier molecular flexibility index (Phi) is 5.75. The first-order chi connectivity index (χ1) is 16.0. The third-order valence-corrected chi connectivity index (χ3v) is 6.65. The van der Waals surface area contributed by atoms with Gasteiger partial charge in [-0.2, -0.15) is 0 Å². The monoisotopic (exact) mass is 470 g/mol. The van der Waals surface area contributed by atoms with Crippen LogP contribution in [0, 0.1) is 13.8 Å². The SMILES string of the molecule is Cc1ccc(Sc2nc3c(C)cccc3cc2/C=C2/N=C(c3ccccc3Cl)OC2=O)cc1. The summed E-state index contributed by atoms with van der Waals surface area (Å²) in [4.78, 5) is 23.1. The van der Waals surface area contributed by atoms with Crippen LogP contribution in [0.1, 0.15) is 22.3 Å². The van der Waals surface area contributed by atoms with Crippen LogP contribution in [0.25, 0.3) is 17.0 Å². The van der Waals surface area contributed by atoms with Gasteiger partial charge in [-0.1, -0.05) is 71.4 Å². The molecule has 6 heteroatoms. The second-order valence-electron chi connectivity index (χ2n) is 7.76. The fourth-order valence-corrected chi connectivity index (χ4v) is 4.64. The first-order valence-electron chi connectivity index (χ1n) is 10.4. The zero-order valence-electron chi connectivity index (χ0n) is 18.0. The van der Waals surface area contributed by atoms with Crippen molar-refractivity contribution in [3.8, 4) is 0 Å². The van der Waals surface area contributed by atoms with Crippen molar-refractivity contribution < 1.29 is 9.53 Å². The van der Waals surface area contributed by atoms with Crippen LogP contribution in [-0.4, -0.2) is 16.9 Å². The van der Waals surface area contributed by atoms with E-state index in [0.717, 1.165) is 32.0 Å². The molecule has 0 saturated carbocycles. The third-order valence-electron chi connectivity index (χ3n) is 5.29. The number of para-hydroxylation sites is 1. The van der Waals surface area contributed by atoms with Crippen LogP contribution in [0.2, 0.25) is 5.02 Å². The molecule has 0 aliphatic carbocycles. The Balaban J connectivity index is 1.61. The average molecular weight is 471 g/mol. The highest BCUT2D eigenvalue weighted by Gasteiger charge is 2.26. The summed E-state index contributed by atoms with van der Waals surface area (Å²) < 4.78 is 5.42. The van der Waals surface area contributed by atoms with E-state index in [-0.39, 0.29) is 11.6 Å². The summed E-state index contributed by atoms with van der Waals surface area (Å²) in [6.45, 7) is 4.10. The summed E-state index contributed by atoms with van der Waals surface area (Å²) in [7, 11) is 0. The van der Waals surface area contributed by atoms with E-state index in [9.17, 15) is 4.79 Å². The Morgan fingerprint density at radius 1 is 0.970 bits per heavy atom. The van der Waals surface area contributed by atoms with Crippen molar-refractivity contribution in [3.05, 3.63) is 106 Å². The molecule has 0 spiro atoms. The van der Waals surface area contributed by atoms with E-state index in [0.29, 0.717) is 10.6 Å². The topological polar surface area (TPSA) is 51.6 Å². The smallest absolute Gasteiger partial charge is 0.363 e. The predicted octanol–water partition coefficient (Wildman–Crippen LogP) is 7.00. The molecule has 33 heavy (non-hydrogen) atoms. The summed E-state index contributed by atoms with van der Waals surface area (Å²) >= 11 is 7.82. The molecule has 0 N–H and O–H groups in total. The normalized spacial score (nSPS) is 14.6. The number of cyclic esters (lactones) is 1. The number of hydrogen-bond donors (Lipinski definition) is 0. The fourth-order valence-electron chi connectivity index (χ4n) is 3.56. The molecule has 4 nitrogen and oxygen atoms in total. The van der Waals surface area contributed by atoms with Crippen LogP contribution in [0.15, 0.2) is 93.4 Å². The summed E-state index contributed by atoms with van der Waals surface area (Å²) in [5.41, 5.74) is 4.82. The number of fused-ring (bicyclic) bond motifs is 1. The number of rotatable bonds is 4. The van der Waals surface area contributed by atoms with Crippen molar-refractivity contribution in [2.75, 3.05) is 0 Å². The van der Waals surface area contributed by atoms with Gasteiger partial charge in [0.15, 0.2) is 5.70 Å². The summed E-state index contributed by atoms with van der Waals surface area (Å²) in [5.74, 6) is -0.310. The first-order valence-corrected chi connectivity index (χ1v) is 11.6. The summed E-state index contributed by atoms with van der Waals surface area (Å²) in [5, 5.41) is 2.27. The quantitative estimate of drug-likeness (QED) is 0.238. The number of carbonyl (C=O) groups excluding carboxylic acids is 1. The molecule has 2 heterocycles. The summed E-state index contributed by atoms with van der Waals surface area (Å²) in [6, 6.07) is 23.5. The number of carbonyl (C=O) groups is 1. The average Bonchev–Trinajstić information content (AvgIpc) is 3.16. The van der Waals surface area contributed by atoms with E-state index in [1.165, 1.54) is 5.56 Å². The van der Waals surface area contributed by atoms with Crippen molar-refractivity contribution in [2.24, 2.45) is 4.99 Å². The number of aromatic nitrogens is 1. The van der Waals surface area contributed by atoms with Gasteiger partial charge in [0, 0.05) is 15.8 Å². The van der Waals surface area contributed by atoms with Gasteiger partial charge in [0.05, 0.1) is 16.1 Å². The number of aliphatic imine (C=N–C) groups is 1. The van der Waals surface area contributed by atoms with Gasteiger partial charge < -0.3 is 4.74 Å². The molecule has 0 amide bonds. The van der Waals surface area contributed by atoms with Crippen molar-refractivity contribution >= 4 is 52.2 Å². The van der Waals surface area contributed by atoms with Gasteiger partial charge in [-0.15, -0.1) is 0 Å². The highest BCUT2D eigenvalue weighted by Crippen LogP contribution is 2.34. The number of ether oxygens (including phenoxy) is 1. The fraction of sp³-hybridized carbons (Fsp3) is 0.0741. The van der Waals surface area contributed by atoms with E-state index in [2.05, 4.69) is 36.2 Å². The maximum Gasteiger partial charge on any atom is 0.363 e. The van der Waals surface area contributed by atoms with Gasteiger partial charge in [-0.25, -0.2) is 14.8 Å². The minimum Gasteiger partial charge on any atom is -0.402 e. The van der Waals surface area contributed by atoms with Crippen LogP contribution in [0.5, 0.6) is 0 Å². The van der Waals surface area contributed by atoms with Crippen LogP contribution in [0.4, 0.5) is 0 Å². The standard InChI is InChI=1S/C27H19ClN2O2S/c1-16-10-12-20(13-11-16)33-26-19(14-18-7-5-6-17(2)24(18)30-26)15-23-27(31)32-25(29-23)21-8-3-4-9-22(21)28/h3-15H,1-2H3/b23-15+. The lowest BCUT2D eigenvalue weighted by Crippen LogP contribution is -2.05. The Hall–Kier alpha value is -3.41. The molecule has 4 aromatic rings. The zero-order valence-corrected chi connectivity index (χ0v) is 19.6. The Labute approximate surface area is 201 Å². The molecular formula is C27H19ClN2O2S. The summed E-state index contributed by atoms with van der Waals surface area (Å²) in [6.07, 6.45) is 1.73. The maximum absolute atomic E-state index is 12.6. The first kappa shape index (κ1) is 21.4. The molecule has 0 fully saturated rings. The molecule has 0 radical (unpaired) electrons. The van der Waals surface area contributed by atoms with Gasteiger partial charge in [0.1, 0.15) is 5.03 Å². The molecular weight excluding hydrogens is 452 g/mol. The minimum absolute atomic E-state index is 0.203. The van der Waals surface area contributed by atoms with E-state index >= 15 is 0 Å². The van der Waals surface area contributed by atoms with Gasteiger partial charge in [0.25, 0.3) is 0 Å². The number of halogens is 1. The number of hydrogen-bond acceptors (Lipinski definition) is 5. The van der Waals surface area contributed by atoms with Crippen molar-refractivity contribution in [1.82, 2.24) is 4.98 Å². The van der Waals surface area contributed by atoms with Gasteiger partial charge in [0.2, 0.25) is 5.90 Å². The molecule has 0 unspecified atom stereocenters. The number of pyridine rings is 1. The molecule has 1 aromatic heterocycles. The van der Waals surface area contributed by atoms with Crippen molar-refractivity contribution in [3.63, 3.8) is 0 Å². The van der Waals surface area contributed by atoms with E-state index in [1.54, 1.807) is 30.0 Å². The molecule has 1 aliphatic heterocycles. The molecule has 5 rings (SSSR count). The largest absolute Gasteiger partial charge is 0.402 e. The lowest BCUT2D eigenvalue weighted by molar-refractivity contribution is -0.129. The minimum atomic E-state index is -0.513. The number of aryl methyl sites for hydroxylation is 2. The zero-order chi connectivity index (χ0) is 22.9. The lowest BCUT2D eigenvalue weighted by Gasteiger charge is -2.10. The van der Waals surface area contributed by atoms with Gasteiger partial charge in [-0.3, -0.25) is 0 Å². The van der Waals surface area contributed by atoms with Crippen molar-refractivity contribution in [2.45, 2.75) is 23.8 Å². The van der Waals surface area contributed by atoms with Crippen LogP contribution >= 0.6 is 23.4 Å². The Bertz CT molecular complexity index is 1460. The number of benzene rings is 3. The molecule has 3 aromatic carbocycles. The number of nitrogens with zero attached hydrogens (tertiary/aromatic N) is 2. The van der Waals surface area contributed by atoms with E-state index < -0.39 is 5.97 Å². The number of esters is 1. The molecule has 0 atom stereocenters. The third kappa shape index (κ3) is 4.42. The highest BCUT2D eigenvalue weighted by atomic mass is 35.5. The van der Waals surface area contributed by atoms with Gasteiger partial charge >= 0.3 is 5.97 Å². The maximum atomic E-state index is 12.6. The van der Waals surface area contributed by atoms with Crippen LogP contribution < -0.4 is 0 Å². The molecule has 1 aliphatic rings. The van der Waals surface area contributed by atoms with Crippen LogP contribution in [-0.2, 0) is 9.53 Å². The van der Waals surface area contributed by atoms with Crippen molar-refractivity contribution in [1.29, 1.82) is 0 Å². The predicted molar refractivity (Wildman–Crippen MR) is 134 cm³/mol.